The lowest BCUT2D eigenvalue weighted by Gasteiger charge is -2.29. The number of hydrogen-bond donors (Lipinski definition) is 3. The van der Waals surface area contributed by atoms with Crippen molar-refractivity contribution < 1.29 is 0 Å². The molecule has 0 unspecified atom stereocenters. The molecule has 0 radical (unpaired) electrons. The van der Waals surface area contributed by atoms with Gasteiger partial charge in [0.25, 0.3) is 8.56 Å². The molecule has 0 atom stereocenters. The van der Waals surface area contributed by atoms with Gasteiger partial charge in [-0.2, -0.15) is 0 Å². The van der Waals surface area contributed by atoms with Gasteiger partial charge >= 0.3 is 0 Å². The molecule has 3 N–H and O–H groups in total. The zero-order valence-electron chi connectivity index (χ0n) is 8.12. The molecular weight excluding hydrogens is 154 g/mol. The molecule has 68 valence electrons. The summed E-state index contributed by atoms with van der Waals surface area (Å²) in [5.74, 6) is 0. The van der Waals surface area contributed by atoms with Crippen LogP contribution in [-0.4, -0.2) is 29.2 Å². The maximum absolute atomic E-state index is 3.51. The fourth-order valence-electron chi connectivity index (χ4n) is 1.32. The Bertz CT molecular complexity index is 85.7. The van der Waals surface area contributed by atoms with Gasteiger partial charge in [-0.25, -0.2) is 0 Å². The van der Waals surface area contributed by atoms with Crippen molar-refractivity contribution in [2.75, 3.05) is 20.6 Å². The third-order valence-electron chi connectivity index (χ3n) is 1.96. The number of nitrogens with one attached hydrogen (secondary N) is 3. The quantitative estimate of drug-likeness (QED) is 0.511. The third-order valence-corrected chi connectivity index (χ3v) is 5.87. The Hall–Kier alpha value is 0.0969. The van der Waals surface area contributed by atoms with Gasteiger partial charge in [-0.3, -0.25) is 0 Å². The Morgan fingerprint density at radius 2 is 1.64 bits per heavy atom. The van der Waals surface area contributed by atoms with E-state index < -0.39 is 8.56 Å². The van der Waals surface area contributed by atoms with E-state index in [2.05, 4.69) is 28.8 Å². The highest BCUT2D eigenvalue weighted by atomic mass is 28.4. The maximum atomic E-state index is 3.51. The lowest BCUT2D eigenvalue weighted by Crippen LogP contribution is -2.70. The first kappa shape index (κ1) is 11.1. The summed E-state index contributed by atoms with van der Waals surface area (Å²) in [4.78, 5) is 10.3. The molecule has 0 saturated carbocycles. The minimum atomic E-state index is -1.49. The minimum absolute atomic E-state index is 1.04. The molecule has 0 rings (SSSR count). The highest BCUT2D eigenvalue weighted by molar-refractivity contribution is 6.72. The van der Waals surface area contributed by atoms with Crippen LogP contribution in [0.1, 0.15) is 20.3 Å². The Balaban J connectivity index is 3.96. The molecule has 3 nitrogen and oxygen atoms in total. The van der Waals surface area contributed by atoms with Crippen molar-refractivity contribution in [3.63, 3.8) is 0 Å². The molecule has 0 aliphatic heterocycles. The lowest BCUT2D eigenvalue weighted by atomic mass is 10.6. The highest BCUT2D eigenvalue weighted by Gasteiger charge is 2.27. The maximum Gasteiger partial charge on any atom is 0.280 e. The van der Waals surface area contributed by atoms with Crippen LogP contribution < -0.4 is 14.9 Å². The van der Waals surface area contributed by atoms with E-state index >= 15 is 0 Å². The first-order valence-corrected chi connectivity index (χ1v) is 6.58. The van der Waals surface area contributed by atoms with Crippen molar-refractivity contribution in [2.45, 2.75) is 26.3 Å². The topological polar surface area (TPSA) is 36.1 Å². The van der Waals surface area contributed by atoms with Crippen LogP contribution in [0.15, 0.2) is 0 Å². The van der Waals surface area contributed by atoms with Crippen LogP contribution >= 0.6 is 0 Å². The second kappa shape index (κ2) is 5.71. The average Bonchev–Trinajstić information content (AvgIpc) is 2.04. The second-order valence-corrected chi connectivity index (χ2v) is 6.35. The molecule has 0 aromatic rings. The van der Waals surface area contributed by atoms with Gasteiger partial charge in [0, 0.05) is 0 Å². The molecule has 0 aromatic carbocycles. The van der Waals surface area contributed by atoms with Crippen LogP contribution in [0.5, 0.6) is 0 Å². The van der Waals surface area contributed by atoms with Crippen molar-refractivity contribution in [3.05, 3.63) is 0 Å². The summed E-state index contributed by atoms with van der Waals surface area (Å²) >= 11 is 0. The first-order chi connectivity index (χ1) is 5.24. The summed E-state index contributed by atoms with van der Waals surface area (Å²) in [6, 6.07) is 1.23. The molecule has 0 aromatic heterocycles. The Kier molecular flexibility index (Phi) is 5.76. The Morgan fingerprint density at radius 1 is 1.09 bits per heavy atom. The van der Waals surface area contributed by atoms with E-state index in [1.165, 1.54) is 12.5 Å². The zero-order valence-corrected chi connectivity index (χ0v) is 9.12. The van der Waals surface area contributed by atoms with E-state index in [4.69, 9.17) is 0 Å². The molecule has 0 spiro atoms. The van der Waals surface area contributed by atoms with Gasteiger partial charge in [0.15, 0.2) is 0 Å². The predicted molar refractivity (Wildman–Crippen MR) is 52.6 cm³/mol. The molecule has 0 amide bonds. The lowest BCUT2D eigenvalue weighted by molar-refractivity contribution is 0.807. The summed E-state index contributed by atoms with van der Waals surface area (Å²) < 4.78 is 0. The van der Waals surface area contributed by atoms with Gasteiger partial charge in [0.1, 0.15) is 0 Å². The van der Waals surface area contributed by atoms with Gasteiger partial charge in [0.2, 0.25) is 0 Å². The molecule has 0 fully saturated rings. The van der Waals surface area contributed by atoms with Gasteiger partial charge in [-0.1, -0.05) is 20.3 Å². The van der Waals surface area contributed by atoms with Crippen LogP contribution in [0.4, 0.5) is 0 Å². The molecule has 0 bridgehead atoms. The van der Waals surface area contributed by atoms with Crippen LogP contribution in [0.25, 0.3) is 0 Å². The minimum Gasteiger partial charge on any atom is -0.316 e. The predicted octanol–water partition coefficient (Wildman–Crippen LogP) is 0.384. The van der Waals surface area contributed by atoms with Crippen LogP contribution in [0, 0.1) is 0 Å². The van der Waals surface area contributed by atoms with Crippen molar-refractivity contribution in [1.29, 1.82) is 0 Å². The summed E-state index contributed by atoms with van der Waals surface area (Å²) in [5.41, 5.74) is 0. The van der Waals surface area contributed by atoms with Gasteiger partial charge in [-0.05, 0) is 26.7 Å². The highest BCUT2D eigenvalue weighted by Crippen LogP contribution is 1.99. The van der Waals surface area contributed by atoms with Crippen LogP contribution in [0.2, 0.25) is 6.04 Å². The molecule has 11 heavy (non-hydrogen) atoms. The standard InChI is InChI=1S/C7H21N3Si/c1-5-7-11(8-3,9-4)10-6-2/h8-10H,5-7H2,1-4H3. The smallest absolute Gasteiger partial charge is 0.280 e. The third kappa shape index (κ3) is 3.33. The van der Waals surface area contributed by atoms with Crippen molar-refractivity contribution in [3.8, 4) is 0 Å². The Labute approximate surface area is 71.2 Å². The molecular formula is C7H21N3Si. The van der Waals surface area contributed by atoms with Crippen LogP contribution in [0.3, 0.4) is 0 Å². The van der Waals surface area contributed by atoms with E-state index in [0.29, 0.717) is 0 Å². The van der Waals surface area contributed by atoms with Crippen molar-refractivity contribution in [2.24, 2.45) is 0 Å². The monoisotopic (exact) mass is 175 g/mol. The van der Waals surface area contributed by atoms with Gasteiger partial charge < -0.3 is 14.9 Å². The summed E-state index contributed by atoms with van der Waals surface area (Å²) in [7, 11) is 2.56. The molecule has 0 heterocycles. The Morgan fingerprint density at radius 3 is 1.91 bits per heavy atom. The van der Waals surface area contributed by atoms with Gasteiger partial charge in [-0.15, -0.1) is 0 Å². The zero-order chi connectivity index (χ0) is 8.74. The van der Waals surface area contributed by atoms with Gasteiger partial charge in [0.05, 0.1) is 0 Å². The van der Waals surface area contributed by atoms with E-state index in [-0.39, 0.29) is 0 Å². The SMILES string of the molecule is CCC[Si](NC)(NC)NCC. The number of hydrogen-bond acceptors (Lipinski definition) is 3. The van der Waals surface area contributed by atoms with Crippen LogP contribution in [-0.2, 0) is 0 Å². The average molecular weight is 175 g/mol. The number of rotatable bonds is 6. The molecule has 4 heteroatoms. The first-order valence-electron chi connectivity index (χ1n) is 4.37. The van der Waals surface area contributed by atoms with E-state index in [9.17, 15) is 0 Å². The van der Waals surface area contributed by atoms with Crippen molar-refractivity contribution in [1.82, 2.24) is 14.9 Å². The fraction of sp³-hybridized carbons (Fsp3) is 1.00. The normalized spacial score (nSPS) is 12.0. The van der Waals surface area contributed by atoms with Crippen molar-refractivity contribution >= 4 is 8.56 Å². The molecule has 0 aliphatic rings. The van der Waals surface area contributed by atoms with E-state index in [1.54, 1.807) is 0 Å². The summed E-state index contributed by atoms with van der Waals surface area (Å²) in [5, 5.41) is 0. The van der Waals surface area contributed by atoms with E-state index in [0.717, 1.165) is 6.54 Å². The summed E-state index contributed by atoms with van der Waals surface area (Å²) in [6.07, 6.45) is 1.22. The second-order valence-electron chi connectivity index (χ2n) is 2.69. The fourth-order valence-corrected chi connectivity index (χ4v) is 3.95. The largest absolute Gasteiger partial charge is 0.316 e. The molecule has 0 aliphatic carbocycles. The molecule has 0 saturated heterocycles. The summed E-state index contributed by atoms with van der Waals surface area (Å²) in [6.45, 7) is 5.40. The van der Waals surface area contributed by atoms with E-state index in [1.807, 2.05) is 14.1 Å².